The topological polar surface area (TPSA) is 120 Å². The molecule has 0 unspecified atom stereocenters. The number of anilines is 1. The molecule has 8 nitrogen and oxygen atoms in total. The van der Waals surface area contributed by atoms with Gasteiger partial charge in [-0.05, 0) is 30.9 Å². The maximum atomic E-state index is 12.2. The molecule has 1 saturated heterocycles. The molecule has 0 atom stereocenters. The molecule has 114 valence electrons. The number of carbonyl (C=O) groups is 1. The molecule has 1 aromatic rings. The Hall–Kier alpha value is -2.19. The molecule has 1 aliphatic heterocycles. The fourth-order valence-corrected chi connectivity index (χ4v) is 2.32. The van der Waals surface area contributed by atoms with Crippen molar-refractivity contribution in [2.45, 2.75) is 12.8 Å². The van der Waals surface area contributed by atoms with Gasteiger partial charge in [-0.25, -0.2) is 0 Å². The number of nitro groups is 1. The summed E-state index contributed by atoms with van der Waals surface area (Å²) in [7, 11) is 0. The molecule has 0 aromatic heterocycles. The molecule has 1 aliphatic rings. The third kappa shape index (κ3) is 3.67. The van der Waals surface area contributed by atoms with Crippen LogP contribution in [0.5, 0.6) is 0 Å². The third-order valence-electron chi connectivity index (χ3n) is 3.51. The molecular formula is C13H18N4O4. The number of benzene rings is 1. The highest BCUT2D eigenvalue weighted by Crippen LogP contribution is 2.27. The Kier molecular flexibility index (Phi) is 5.07. The van der Waals surface area contributed by atoms with Crippen molar-refractivity contribution in [3.63, 3.8) is 0 Å². The number of para-hydroxylation sites is 1. The molecule has 8 heteroatoms. The number of carbonyl (C=O) groups excluding carboxylic acids is 1. The van der Waals surface area contributed by atoms with Crippen LogP contribution in [0.15, 0.2) is 18.2 Å². The molecule has 4 N–H and O–H groups in total. The van der Waals surface area contributed by atoms with Crippen LogP contribution < -0.4 is 16.6 Å². The minimum atomic E-state index is -0.613. The number of hydrazine groups is 1. The van der Waals surface area contributed by atoms with Gasteiger partial charge in [0.2, 0.25) is 0 Å². The van der Waals surface area contributed by atoms with Crippen LogP contribution in [0, 0.1) is 16.0 Å². The molecule has 0 aliphatic carbocycles. The number of nitrogens with two attached hydrogens (primary N) is 1. The summed E-state index contributed by atoms with van der Waals surface area (Å²) in [4.78, 5) is 22.7. The lowest BCUT2D eigenvalue weighted by Gasteiger charge is -2.22. The minimum absolute atomic E-state index is 0.00232. The lowest BCUT2D eigenvalue weighted by molar-refractivity contribution is -0.384. The van der Waals surface area contributed by atoms with Crippen molar-refractivity contribution >= 4 is 17.3 Å². The van der Waals surface area contributed by atoms with Gasteiger partial charge < -0.3 is 15.5 Å². The molecule has 0 saturated carbocycles. The maximum absolute atomic E-state index is 12.2. The summed E-state index contributed by atoms with van der Waals surface area (Å²) in [6.45, 7) is 1.86. The summed E-state index contributed by atoms with van der Waals surface area (Å²) in [6, 6.07) is 4.41. The van der Waals surface area contributed by atoms with E-state index in [4.69, 9.17) is 10.6 Å². The number of nitro benzene ring substituents is 1. The van der Waals surface area contributed by atoms with Gasteiger partial charge in [-0.3, -0.25) is 20.8 Å². The molecular weight excluding hydrogens is 276 g/mol. The number of ether oxygens (including phenoxy) is 1. The van der Waals surface area contributed by atoms with Gasteiger partial charge in [0.25, 0.3) is 5.91 Å². The SMILES string of the molecule is NNc1cccc(C(=O)NCC2CCOCC2)c1[N+](=O)[O-]. The Morgan fingerprint density at radius 2 is 2.14 bits per heavy atom. The molecule has 0 bridgehead atoms. The molecule has 21 heavy (non-hydrogen) atoms. The number of nitrogens with zero attached hydrogens (tertiary/aromatic N) is 1. The Labute approximate surface area is 121 Å². The number of hydrogen-bond donors (Lipinski definition) is 3. The lowest BCUT2D eigenvalue weighted by atomic mass is 10.0. The standard InChI is InChI=1S/C13H18N4O4/c14-16-11-3-1-2-10(12(11)17(19)20)13(18)15-8-9-4-6-21-7-5-9/h1-3,9,16H,4-8,14H2,(H,15,18). The summed E-state index contributed by atoms with van der Waals surface area (Å²) in [5.74, 6) is 5.13. The van der Waals surface area contributed by atoms with Crippen molar-refractivity contribution in [3.8, 4) is 0 Å². The van der Waals surface area contributed by atoms with Crippen LogP contribution in [0.3, 0.4) is 0 Å². The van der Waals surface area contributed by atoms with Gasteiger partial charge in [-0.2, -0.15) is 0 Å². The number of nitrogens with one attached hydrogen (secondary N) is 2. The largest absolute Gasteiger partial charge is 0.381 e. The number of hydrogen-bond acceptors (Lipinski definition) is 6. The normalized spacial score (nSPS) is 15.5. The number of nitrogen functional groups attached to an aromatic ring is 1. The van der Waals surface area contributed by atoms with E-state index >= 15 is 0 Å². The van der Waals surface area contributed by atoms with Crippen LogP contribution in [0.4, 0.5) is 11.4 Å². The van der Waals surface area contributed by atoms with E-state index in [1.54, 1.807) is 6.07 Å². The van der Waals surface area contributed by atoms with Crippen molar-refractivity contribution in [2.24, 2.45) is 11.8 Å². The summed E-state index contributed by atoms with van der Waals surface area (Å²) in [5, 5.41) is 13.9. The van der Waals surface area contributed by atoms with Crippen molar-refractivity contribution in [2.75, 3.05) is 25.2 Å². The van der Waals surface area contributed by atoms with Gasteiger partial charge in [0, 0.05) is 19.8 Å². The Balaban J connectivity index is 2.09. The highest BCUT2D eigenvalue weighted by Gasteiger charge is 2.24. The van der Waals surface area contributed by atoms with Crippen LogP contribution in [0.25, 0.3) is 0 Å². The second-order valence-corrected chi connectivity index (χ2v) is 4.87. The van der Waals surface area contributed by atoms with Crippen LogP contribution in [-0.4, -0.2) is 30.6 Å². The van der Waals surface area contributed by atoms with Gasteiger partial charge in [-0.1, -0.05) is 6.07 Å². The number of amides is 1. The first kappa shape index (κ1) is 15.2. The van der Waals surface area contributed by atoms with E-state index in [1.165, 1.54) is 12.1 Å². The van der Waals surface area contributed by atoms with E-state index in [0.29, 0.717) is 25.7 Å². The zero-order valence-corrected chi connectivity index (χ0v) is 11.5. The van der Waals surface area contributed by atoms with E-state index in [1.807, 2.05) is 0 Å². The second-order valence-electron chi connectivity index (χ2n) is 4.87. The molecule has 1 aromatic carbocycles. The van der Waals surface area contributed by atoms with Crippen LogP contribution >= 0.6 is 0 Å². The quantitative estimate of drug-likeness (QED) is 0.424. The summed E-state index contributed by atoms with van der Waals surface area (Å²) < 4.78 is 5.25. The minimum Gasteiger partial charge on any atom is -0.381 e. The van der Waals surface area contributed by atoms with Crippen molar-refractivity contribution < 1.29 is 14.5 Å². The van der Waals surface area contributed by atoms with Crippen LogP contribution in [0.2, 0.25) is 0 Å². The summed E-state index contributed by atoms with van der Waals surface area (Å²) in [5.41, 5.74) is 2.04. The summed E-state index contributed by atoms with van der Waals surface area (Å²) >= 11 is 0. The van der Waals surface area contributed by atoms with E-state index in [0.717, 1.165) is 12.8 Å². The molecule has 0 spiro atoms. The third-order valence-corrected chi connectivity index (χ3v) is 3.51. The fraction of sp³-hybridized carbons (Fsp3) is 0.462. The smallest absolute Gasteiger partial charge is 0.306 e. The van der Waals surface area contributed by atoms with E-state index in [-0.39, 0.29) is 16.9 Å². The van der Waals surface area contributed by atoms with E-state index < -0.39 is 10.8 Å². The zero-order chi connectivity index (χ0) is 15.2. The zero-order valence-electron chi connectivity index (χ0n) is 11.5. The van der Waals surface area contributed by atoms with Gasteiger partial charge in [-0.15, -0.1) is 0 Å². The highest BCUT2D eigenvalue weighted by atomic mass is 16.6. The first-order chi connectivity index (χ1) is 10.1. The van der Waals surface area contributed by atoms with Crippen molar-refractivity contribution in [3.05, 3.63) is 33.9 Å². The molecule has 0 radical (unpaired) electrons. The first-order valence-electron chi connectivity index (χ1n) is 6.73. The Morgan fingerprint density at radius 1 is 1.43 bits per heavy atom. The lowest BCUT2D eigenvalue weighted by Crippen LogP contribution is -2.32. The average molecular weight is 294 g/mol. The molecule has 1 heterocycles. The van der Waals surface area contributed by atoms with Crippen LogP contribution in [-0.2, 0) is 4.74 Å². The van der Waals surface area contributed by atoms with Gasteiger partial charge in [0.05, 0.1) is 4.92 Å². The Bertz CT molecular complexity index is 529. The van der Waals surface area contributed by atoms with E-state index in [9.17, 15) is 14.9 Å². The maximum Gasteiger partial charge on any atom is 0.306 e. The first-order valence-corrected chi connectivity index (χ1v) is 6.73. The van der Waals surface area contributed by atoms with Crippen molar-refractivity contribution in [1.29, 1.82) is 0 Å². The van der Waals surface area contributed by atoms with Crippen molar-refractivity contribution in [1.82, 2.24) is 5.32 Å². The average Bonchev–Trinajstić information content (AvgIpc) is 2.52. The predicted octanol–water partition coefficient (Wildman–Crippen LogP) is 1.04. The van der Waals surface area contributed by atoms with E-state index in [2.05, 4.69) is 10.7 Å². The highest BCUT2D eigenvalue weighted by molar-refractivity contribution is 6.00. The molecule has 1 amide bonds. The monoisotopic (exact) mass is 294 g/mol. The number of rotatable bonds is 5. The summed E-state index contributed by atoms with van der Waals surface area (Å²) in [6.07, 6.45) is 1.76. The van der Waals surface area contributed by atoms with Gasteiger partial charge in [0.1, 0.15) is 11.3 Å². The molecule has 1 fully saturated rings. The van der Waals surface area contributed by atoms with Gasteiger partial charge in [0.15, 0.2) is 0 Å². The Morgan fingerprint density at radius 3 is 2.76 bits per heavy atom. The predicted molar refractivity (Wildman–Crippen MR) is 76.8 cm³/mol. The van der Waals surface area contributed by atoms with Gasteiger partial charge >= 0.3 is 5.69 Å². The fourth-order valence-electron chi connectivity index (χ4n) is 2.32. The van der Waals surface area contributed by atoms with Crippen LogP contribution in [0.1, 0.15) is 23.2 Å². The second kappa shape index (κ2) is 7.00. The molecule has 2 rings (SSSR count).